The first-order valence-corrected chi connectivity index (χ1v) is 5.68. The Morgan fingerprint density at radius 2 is 2.23 bits per heavy atom. The Hall–Kier alpha value is -0.640. The van der Waals surface area contributed by atoms with Gasteiger partial charge in [-0.05, 0) is 25.2 Å². The summed E-state index contributed by atoms with van der Waals surface area (Å²) in [5.74, 6) is 0.885. The highest BCUT2D eigenvalue weighted by Gasteiger charge is 2.25. The van der Waals surface area contributed by atoms with E-state index in [0.29, 0.717) is 6.04 Å². The fourth-order valence-electron chi connectivity index (χ4n) is 1.65. The molecule has 0 aromatic carbocycles. The van der Waals surface area contributed by atoms with Crippen molar-refractivity contribution in [2.75, 3.05) is 5.32 Å². The van der Waals surface area contributed by atoms with Gasteiger partial charge in [0.05, 0.1) is 0 Å². The van der Waals surface area contributed by atoms with Crippen LogP contribution >= 0.6 is 11.3 Å². The van der Waals surface area contributed by atoms with E-state index in [2.05, 4.69) is 29.4 Å². The highest BCUT2D eigenvalue weighted by molar-refractivity contribution is 7.15. The molecule has 0 bridgehead atoms. The van der Waals surface area contributed by atoms with Crippen LogP contribution in [-0.4, -0.2) is 16.2 Å². The van der Waals surface area contributed by atoms with Crippen LogP contribution in [0.3, 0.4) is 0 Å². The lowest BCUT2D eigenvalue weighted by atomic mass is 9.82. The molecule has 1 aliphatic rings. The number of hydrogen-bond acceptors (Lipinski definition) is 4. The number of aromatic nitrogens is 2. The Labute approximate surface area is 82.6 Å². The minimum atomic E-state index is 0.646. The van der Waals surface area contributed by atoms with E-state index < -0.39 is 0 Å². The van der Waals surface area contributed by atoms with E-state index in [1.807, 2.05) is 0 Å². The Balaban J connectivity index is 1.87. The SMILES string of the molecule is CCc1nnc(NC2CC(C)C2)s1. The van der Waals surface area contributed by atoms with E-state index in [1.165, 1.54) is 12.8 Å². The molecule has 0 aliphatic heterocycles. The maximum absolute atomic E-state index is 4.09. The Kier molecular flexibility index (Phi) is 2.49. The average Bonchev–Trinajstić information content (AvgIpc) is 2.50. The maximum atomic E-state index is 4.09. The van der Waals surface area contributed by atoms with Gasteiger partial charge in [-0.15, -0.1) is 10.2 Å². The fourth-order valence-corrected chi connectivity index (χ4v) is 2.41. The fraction of sp³-hybridized carbons (Fsp3) is 0.778. The van der Waals surface area contributed by atoms with Gasteiger partial charge < -0.3 is 5.32 Å². The normalized spacial score (nSPS) is 26.9. The van der Waals surface area contributed by atoms with Crippen molar-refractivity contribution < 1.29 is 0 Å². The Bertz CT molecular complexity index is 278. The van der Waals surface area contributed by atoms with Crippen LogP contribution in [-0.2, 0) is 6.42 Å². The molecular formula is C9H15N3S. The minimum Gasteiger partial charge on any atom is -0.357 e. The first kappa shape index (κ1) is 8.94. The molecule has 1 aromatic rings. The zero-order valence-corrected chi connectivity index (χ0v) is 8.90. The van der Waals surface area contributed by atoms with E-state index in [-0.39, 0.29) is 0 Å². The van der Waals surface area contributed by atoms with Gasteiger partial charge in [0.2, 0.25) is 5.13 Å². The number of nitrogens with one attached hydrogen (secondary N) is 1. The Morgan fingerprint density at radius 3 is 2.77 bits per heavy atom. The smallest absolute Gasteiger partial charge is 0.205 e. The molecule has 3 nitrogen and oxygen atoms in total. The standard InChI is InChI=1S/C9H15N3S/c1-3-8-11-12-9(13-8)10-7-4-6(2)5-7/h6-7H,3-5H2,1-2H3,(H,10,12). The van der Waals surface area contributed by atoms with Gasteiger partial charge >= 0.3 is 0 Å². The molecule has 0 radical (unpaired) electrons. The molecule has 1 aromatic heterocycles. The topological polar surface area (TPSA) is 37.8 Å². The first-order valence-electron chi connectivity index (χ1n) is 4.87. The van der Waals surface area contributed by atoms with E-state index in [4.69, 9.17) is 0 Å². The summed E-state index contributed by atoms with van der Waals surface area (Å²) in [4.78, 5) is 0. The third kappa shape index (κ3) is 1.99. The van der Waals surface area contributed by atoms with Crippen LogP contribution in [0.4, 0.5) is 5.13 Å². The monoisotopic (exact) mass is 197 g/mol. The van der Waals surface area contributed by atoms with Gasteiger partial charge in [0.15, 0.2) is 0 Å². The minimum absolute atomic E-state index is 0.646. The third-order valence-electron chi connectivity index (χ3n) is 2.47. The predicted molar refractivity (Wildman–Crippen MR) is 55.1 cm³/mol. The van der Waals surface area contributed by atoms with Crippen molar-refractivity contribution >= 4 is 16.5 Å². The lowest BCUT2D eigenvalue weighted by Gasteiger charge is -2.32. The van der Waals surface area contributed by atoms with Crippen LogP contribution in [0.15, 0.2) is 0 Å². The van der Waals surface area contributed by atoms with Crippen molar-refractivity contribution in [2.45, 2.75) is 39.2 Å². The summed E-state index contributed by atoms with van der Waals surface area (Å²) in [6, 6.07) is 0.646. The van der Waals surface area contributed by atoms with Crippen LogP contribution in [0.25, 0.3) is 0 Å². The summed E-state index contributed by atoms with van der Waals surface area (Å²) >= 11 is 1.68. The molecule has 1 heterocycles. The summed E-state index contributed by atoms with van der Waals surface area (Å²) < 4.78 is 0. The lowest BCUT2D eigenvalue weighted by molar-refractivity contribution is 0.309. The predicted octanol–water partition coefficient (Wildman–Crippen LogP) is 2.31. The number of anilines is 1. The van der Waals surface area contributed by atoms with Crippen molar-refractivity contribution in [3.8, 4) is 0 Å². The summed E-state index contributed by atoms with van der Waals surface area (Å²) in [5, 5.41) is 13.7. The van der Waals surface area contributed by atoms with Gasteiger partial charge in [-0.3, -0.25) is 0 Å². The second-order valence-corrected chi connectivity index (χ2v) is 4.83. The highest BCUT2D eigenvalue weighted by atomic mass is 32.1. The first-order chi connectivity index (χ1) is 6.28. The molecule has 13 heavy (non-hydrogen) atoms. The van der Waals surface area contributed by atoms with Crippen molar-refractivity contribution in [1.29, 1.82) is 0 Å². The second kappa shape index (κ2) is 3.62. The number of aryl methyl sites for hydroxylation is 1. The third-order valence-corrected chi connectivity index (χ3v) is 3.47. The summed E-state index contributed by atoms with van der Waals surface area (Å²) in [7, 11) is 0. The number of rotatable bonds is 3. The number of nitrogens with zero attached hydrogens (tertiary/aromatic N) is 2. The lowest BCUT2D eigenvalue weighted by Crippen LogP contribution is -2.33. The molecule has 0 amide bonds. The molecule has 0 unspecified atom stereocenters. The van der Waals surface area contributed by atoms with Gasteiger partial charge in [0.1, 0.15) is 5.01 Å². The summed E-state index contributed by atoms with van der Waals surface area (Å²) in [5.41, 5.74) is 0. The zero-order valence-electron chi connectivity index (χ0n) is 8.08. The van der Waals surface area contributed by atoms with E-state index >= 15 is 0 Å². The molecule has 2 rings (SSSR count). The molecular weight excluding hydrogens is 182 g/mol. The highest BCUT2D eigenvalue weighted by Crippen LogP contribution is 2.30. The molecule has 1 aliphatic carbocycles. The molecule has 1 fully saturated rings. The van der Waals surface area contributed by atoms with Crippen molar-refractivity contribution in [2.24, 2.45) is 5.92 Å². The molecule has 4 heteroatoms. The maximum Gasteiger partial charge on any atom is 0.205 e. The number of hydrogen-bond donors (Lipinski definition) is 1. The van der Waals surface area contributed by atoms with Crippen molar-refractivity contribution in [1.82, 2.24) is 10.2 Å². The molecule has 72 valence electrons. The van der Waals surface area contributed by atoms with Gasteiger partial charge in [0.25, 0.3) is 0 Å². The quantitative estimate of drug-likeness (QED) is 0.808. The second-order valence-electron chi connectivity index (χ2n) is 3.77. The van der Waals surface area contributed by atoms with Crippen LogP contribution < -0.4 is 5.32 Å². The average molecular weight is 197 g/mol. The van der Waals surface area contributed by atoms with Crippen molar-refractivity contribution in [3.63, 3.8) is 0 Å². The van der Waals surface area contributed by atoms with E-state index in [1.54, 1.807) is 11.3 Å². The van der Waals surface area contributed by atoms with Gasteiger partial charge in [-0.1, -0.05) is 25.2 Å². The van der Waals surface area contributed by atoms with Gasteiger partial charge in [-0.2, -0.15) is 0 Å². The zero-order chi connectivity index (χ0) is 9.26. The summed E-state index contributed by atoms with van der Waals surface area (Å²) in [6.07, 6.45) is 3.54. The van der Waals surface area contributed by atoms with Crippen LogP contribution in [0.1, 0.15) is 31.7 Å². The molecule has 0 atom stereocenters. The van der Waals surface area contributed by atoms with Crippen LogP contribution in [0.2, 0.25) is 0 Å². The van der Waals surface area contributed by atoms with E-state index in [0.717, 1.165) is 22.5 Å². The molecule has 0 saturated heterocycles. The Morgan fingerprint density at radius 1 is 1.46 bits per heavy atom. The van der Waals surface area contributed by atoms with Gasteiger partial charge in [0, 0.05) is 6.04 Å². The summed E-state index contributed by atoms with van der Waals surface area (Å²) in [6.45, 7) is 4.39. The molecule has 1 saturated carbocycles. The van der Waals surface area contributed by atoms with Gasteiger partial charge in [-0.25, -0.2) is 0 Å². The van der Waals surface area contributed by atoms with Crippen LogP contribution in [0, 0.1) is 5.92 Å². The van der Waals surface area contributed by atoms with Crippen molar-refractivity contribution in [3.05, 3.63) is 5.01 Å². The van der Waals surface area contributed by atoms with E-state index in [9.17, 15) is 0 Å². The molecule has 0 spiro atoms. The van der Waals surface area contributed by atoms with Crippen LogP contribution in [0.5, 0.6) is 0 Å². The largest absolute Gasteiger partial charge is 0.357 e. The molecule has 1 N–H and O–H groups in total.